The van der Waals surface area contributed by atoms with Crippen LogP contribution in [0.4, 0.5) is 0 Å². The van der Waals surface area contributed by atoms with Crippen LogP contribution in [-0.4, -0.2) is 24.7 Å². The summed E-state index contributed by atoms with van der Waals surface area (Å²) in [5, 5.41) is 9.43. The second kappa shape index (κ2) is 8.08. The molecule has 0 bridgehead atoms. The summed E-state index contributed by atoms with van der Waals surface area (Å²) in [5.74, 6) is 0. The smallest absolute Gasteiger partial charge is 0.305 e. The Labute approximate surface area is 128 Å². The Morgan fingerprint density at radius 3 is 2.19 bits per heavy atom. The molecule has 0 atom stereocenters. The summed E-state index contributed by atoms with van der Waals surface area (Å²) >= 11 is 0. The van der Waals surface area contributed by atoms with Gasteiger partial charge in [-0.05, 0) is 40.5 Å². The molecule has 1 rings (SSSR count). The third-order valence-electron chi connectivity index (χ3n) is 3.58. The van der Waals surface area contributed by atoms with Crippen LogP contribution in [0.15, 0.2) is 4.99 Å². The van der Waals surface area contributed by atoms with E-state index in [1.807, 2.05) is 0 Å². The Bertz CT molecular complexity index is 438. The van der Waals surface area contributed by atoms with Crippen molar-refractivity contribution in [2.24, 2.45) is 10.4 Å². The van der Waals surface area contributed by atoms with Crippen molar-refractivity contribution in [2.45, 2.75) is 65.8 Å². The molecule has 1 fully saturated rings. The van der Waals surface area contributed by atoms with Gasteiger partial charge in [0.05, 0.1) is 25.3 Å². The fraction of sp³-hybridized carbons (Fsp3) is 0.867. The zero-order valence-corrected chi connectivity index (χ0v) is 14.5. The highest BCUT2D eigenvalue weighted by Crippen LogP contribution is 2.55. The molecule has 1 saturated carbocycles. The van der Waals surface area contributed by atoms with E-state index in [0.29, 0.717) is 0 Å². The van der Waals surface area contributed by atoms with Gasteiger partial charge in [-0.1, -0.05) is 19.3 Å². The number of aliphatic imine (C=N–C) groups is 1. The third-order valence-corrected chi connectivity index (χ3v) is 5.97. The molecular weight excluding hydrogens is 287 g/mol. The van der Waals surface area contributed by atoms with Crippen molar-refractivity contribution in [1.29, 1.82) is 5.26 Å². The van der Waals surface area contributed by atoms with Gasteiger partial charge < -0.3 is 9.05 Å². The molecule has 0 aromatic carbocycles. The number of rotatable bonds is 7. The van der Waals surface area contributed by atoms with Gasteiger partial charge in [0.2, 0.25) is 0 Å². The highest BCUT2D eigenvalue weighted by molar-refractivity contribution is 7.72. The van der Waals surface area contributed by atoms with Crippen molar-refractivity contribution >= 4 is 13.0 Å². The fourth-order valence-corrected chi connectivity index (χ4v) is 4.55. The van der Waals surface area contributed by atoms with Crippen molar-refractivity contribution in [3.8, 4) is 6.07 Å². The predicted molar refractivity (Wildman–Crippen MR) is 84.6 cm³/mol. The Morgan fingerprint density at radius 1 is 1.24 bits per heavy atom. The first kappa shape index (κ1) is 18.4. The first-order chi connectivity index (χ1) is 9.89. The minimum Gasteiger partial charge on any atom is -0.305 e. The maximum atomic E-state index is 13.1. The Balaban J connectivity index is 3.20. The minimum absolute atomic E-state index is 0.121. The molecule has 0 aliphatic heterocycles. The zero-order chi connectivity index (χ0) is 15.9. The number of hydrogen-bond donors (Lipinski definition) is 0. The standard InChI is InChI=1S/C15H27N2O3P/c1-5-19-21(18,20-6-2)14(15(3,4)12-16)17-13-10-8-7-9-11-13/h13H,5-11H2,1-4H3. The molecular formula is C15H27N2O3P. The van der Waals surface area contributed by atoms with E-state index in [1.54, 1.807) is 27.7 Å². The molecule has 0 saturated heterocycles. The molecule has 0 spiro atoms. The lowest BCUT2D eigenvalue weighted by Gasteiger charge is -2.28. The van der Waals surface area contributed by atoms with Gasteiger partial charge >= 0.3 is 7.60 Å². The second-order valence-corrected chi connectivity index (χ2v) is 7.75. The highest BCUT2D eigenvalue weighted by Gasteiger charge is 2.42. The van der Waals surface area contributed by atoms with Crippen molar-refractivity contribution in [3.05, 3.63) is 0 Å². The molecule has 0 amide bonds. The number of hydrogen-bond acceptors (Lipinski definition) is 5. The van der Waals surface area contributed by atoms with Crippen LogP contribution in [0.1, 0.15) is 59.8 Å². The quantitative estimate of drug-likeness (QED) is 0.511. The Hall–Kier alpha value is -0.690. The van der Waals surface area contributed by atoms with Gasteiger partial charge in [-0.15, -0.1) is 0 Å². The van der Waals surface area contributed by atoms with Crippen molar-refractivity contribution in [2.75, 3.05) is 13.2 Å². The summed E-state index contributed by atoms with van der Waals surface area (Å²) in [5.41, 5.74) is -0.676. The molecule has 5 nitrogen and oxygen atoms in total. The van der Waals surface area contributed by atoms with Crippen LogP contribution in [0.25, 0.3) is 0 Å². The largest absolute Gasteiger partial charge is 0.376 e. The summed E-state index contributed by atoms with van der Waals surface area (Å²) in [6.45, 7) is 7.51. The highest BCUT2D eigenvalue weighted by atomic mass is 31.2. The molecule has 6 heteroatoms. The molecule has 0 aromatic rings. The van der Waals surface area contributed by atoms with Gasteiger partial charge in [0.1, 0.15) is 10.9 Å². The summed E-state index contributed by atoms with van der Waals surface area (Å²) in [6, 6.07) is 2.31. The topological polar surface area (TPSA) is 71.7 Å². The molecule has 1 aliphatic rings. The van der Waals surface area contributed by atoms with Gasteiger partial charge in [0.15, 0.2) is 0 Å². The van der Waals surface area contributed by atoms with Gasteiger partial charge in [0, 0.05) is 0 Å². The Kier molecular flexibility index (Phi) is 7.06. The summed E-state index contributed by atoms with van der Waals surface area (Å²) in [7, 11) is -3.51. The van der Waals surface area contributed by atoms with Crippen molar-refractivity contribution in [1.82, 2.24) is 0 Å². The van der Waals surface area contributed by atoms with E-state index in [2.05, 4.69) is 11.1 Å². The van der Waals surface area contributed by atoms with Crippen LogP contribution in [0.3, 0.4) is 0 Å². The monoisotopic (exact) mass is 314 g/mol. The first-order valence-electron chi connectivity index (χ1n) is 7.78. The van der Waals surface area contributed by atoms with Crippen LogP contribution in [-0.2, 0) is 13.6 Å². The van der Waals surface area contributed by atoms with Crippen LogP contribution in [0.5, 0.6) is 0 Å². The number of nitriles is 1. The van der Waals surface area contributed by atoms with E-state index in [1.165, 1.54) is 6.42 Å². The molecule has 1 aliphatic carbocycles. The second-order valence-electron chi connectivity index (χ2n) is 5.81. The Morgan fingerprint density at radius 2 is 1.76 bits per heavy atom. The molecule has 0 heterocycles. The lowest BCUT2D eigenvalue weighted by molar-refractivity contribution is 0.230. The van der Waals surface area contributed by atoms with Crippen LogP contribution in [0, 0.1) is 16.7 Å². The van der Waals surface area contributed by atoms with E-state index in [9.17, 15) is 9.83 Å². The van der Waals surface area contributed by atoms with E-state index in [0.717, 1.165) is 25.7 Å². The molecule has 0 aromatic heterocycles. The van der Waals surface area contributed by atoms with Crippen molar-refractivity contribution in [3.63, 3.8) is 0 Å². The van der Waals surface area contributed by atoms with E-state index in [-0.39, 0.29) is 24.7 Å². The SMILES string of the molecule is CCOP(=O)(OCC)C(=NC1CCCCC1)C(C)(C)C#N. The minimum atomic E-state index is -3.51. The normalized spacial score (nSPS) is 18.5. The van der Waals surface area contributed by atoms with E-state index in [4.69, 9.17) is 9.05 Å². The number of nitrogens with zero attached hydrogens (tertiary/aromatic N) is 2. The summed E-state index contributed by atoms with van der Waals surface area (Å²) < 4.78 is 23.9. The van der Waals surface area contributed by atoms with E-state index >= 15 is 0 Å². The van der Waals surface area contributed by atoms with Crippen LogP contribution < -0.4 is 0 Å². The summed E-state index contributed by atoms with van der Waals surface area (Å²) in [4.78, 5) is 4.67. The van der Waals surface area contributed by atoms with Crippen molar-refractivity contribution < 1.29 is 13.6 Å². The maximum absolute atomic E-state index is 13.1. The van der Waals surface area contributed by atoms with Gasteiger partial charge in [-0.2, -0.15) is 5.26 Å². The van der Waals surface area contributed by atoms with E-state index < -0.39 is 13.0 Å². The van der Waals surface area contributed by atoms with Gasteiger partial charge in [0.25, 0.3) is 0 Å². The lowest BCUT2D eigenvalue weighted by atomic mass is 9.94. The third kappa shape index (κ3) is 4.92. The van der Waals surface area contributed by atoms with Gasteiger partial charge in [-0.3, -0.25) is 9.56 Å². The fourth-order valence-electron chi connectivity index (χ4n) is 2.51. The predicted octanol–water partition coefficient (Wildman–Crippen LogP) is 4.53. The molecule has 0 N–H and O–H groups in total. The summed E-state index contributed by atoms with van der Waals surface area (Å²) in [6.07, 6.45) is 5.42. The maximum Gasteiger partial charge on any atom is 0.376 e. The molecule has 120 valence electrons. The average Bonchev–Trinajstić information content (AvgIpc) is 2.46. The molecule has 0 unspecified atom stereocenters. The lowest BCUT2D eigenvalue weighted by Crippen LogP contribution is -2.27. The average molecular weight is 314 g/mol. The molecule has 0 radical (unpaired) electrons. The van der Waals surface area contributed by atoms with Crippen LogP contribution in [0.2, 0.25) is 0 Å². The molecule has 21 heavy (non-hydrogen) atoms. The van der Waals surface area contributed by atoms with Crippen LogP contribution >= 0.6 is 7.60 Å². The van der Waals surface area contributed by atoms with Gasteiger partial charge in [-0.25, -0.2) is 0 Å². The first-order valence-corrected chi connectivity index (χ1v) is 9.33. The zero-order valence-electron chi connectivity index (χ0n) is 13.6.